The summed E-state index contributed by atoms with van der Waals surface area (Å²) in [6.45, 7) is -0.407. The maximum absolute atomic E-state index is 12.4. The van der Waals surface area contributed by atoms with Crippen molar-refractivity contribution < 1.29 is 28.6 Å². The van der Waals surface area contributed by atoms with E-state index < -0.39 is 5.91 Å². The average Bonchev–Trinajstić information content (AvgIpc) is 2.82. The monoisotopic (exact) mass is 449 g/mol. The Balaban J connectivity index is 1.48. The summed E-state index contributed by atoms with van der Waals surface area (Å²) in [5.74, 6) is 0.329. The van der Waals surface area contributed by atoms with Crippen LogP contribution in [0.1, 0.15) is 10.4 Å². The topological polar surface area (TPSA) is 129 Å². The summed E-state index contributed by atoms with van der Waals surface area (Å²) in [7, 11) is 1.55. The molecule has 0 heterocycles. The van der Waals surface area contributed by atoms with E-state index in [9.17, 15) is 14.4 Å². The van der Waals surface area contributed by atoms with Gasteiger partial charge < -0.3 is 30.6 Å². The first kappa shape index (κ1) is 23.1. The van der Waals surface area contributed by atoms with Gasteiger partial charge in [-0.25, -0.2) is 0 Å². The normalized spacial score (nSPS) is 10.1. The molecule has 9 heteroatoms. The third kappa shape index (κ3) is 7.28. The zero-order valence-corrected chi connectivity index (χ0v) is 17.9. The number of methoxy groups -OCH3 is 1. The van der Waals surface area contributed by atoms with Crippen LogP contribution in [0.4, 0.5) is 11.4 Å². The number of rotatable bonds is 10. The first-order chi connectivity index (χ1) is 15.9. The fraction of sp³-hybridized carbons (Fsp3) is 0.125. The highest BCUT2D eigenvalue weighted by Gasteiger charge is 2.09. The number of hydrogen-bond donors (Lipinski definition) is 3. The van der Waals surface area contributed by atoms with Gasteiger partial charge in [-0.05, 0) is 60.7 Å². The zero-order valence-electron chi connectivity index (χ0n) is 17.9. The lowest BCUT2D eigenvalue weighted by atomic mass is 10.2. The smallest absolute Gasteiger partial charge is 0.262 e. The molecule has 0 spiro atoms. The van der Waals surface area contributed by atoms with Crippen LogP contribution in [-0.2, 0) is 9.59 Å². The van der Waals surface area contributed by atoms with Crippen molar-refractivity contribution in [3.05, 3.63) is 78.4 Å². The molecule has 3 amide bonds. The molecule has 0 radical (unpaired) electrons. The Kier molecular flexibility index (Phi) is 7.85. The van der Waals surface area contributed by atoms with E-state index in [0.29, 0.717) is 34.2 Å². The molecule has 0 unspecified atom stereocenters. The van der Waals surface area contributed by atoms with Crippen molar-refractivity contribution in [3.63, 3.8) is 0 Å². The molecule has 170 valence electrons. The third-order valence-corrected chi connectivity index (χ3v) is 4.33. The predicted octanol–water partition coefficient (Wildman–Crippen LogP) is 2.83. The molecule has 4 N–H and O–H groups in total. The summed E-state index contributed by atoms with van der Waals surface area (Å²) in [6.07, 6.45) is 0. The molecule has 0 aliphatic carbocycles. The highest BCUT2D eigenvalue weighted by atomic mass is 16.5. The van der Waals surface area contributed by atoms with E-state index in [1.54, 1.807) is 79.9 Å². The number of carbonyl (C=O) groups excluding carboxylic acids is 3. The number of amides is 3. The molecule has 0 aliphatic heterocycles. The van der Waals surface area contributed by atoms with Gasteiger partial charge in [0.2, 0.25) is 0 Å². The van der Waals surface area contributed by atoms with Crippen LogP contribution in [0.2, 0.25) is 0 Å². The van der Waals surface area contributed by atoms with Gasteiger partial charge in [-0.3, -0.25) is 14.4 Å². The van der Waals surface area contributed by atoms with Crippen molar-refractivity contribution in [2.75, 3.05) is 31.0 Å². The van der Waals surface area contributed by atoms with E-state index >= 15 is 0 Å². The van der Waals surface area contributed by atoms with Crippen LogP contribution in [0, 0.1) is 0 Å². The molecule has 0 aliphatic rings. The van der Waals surface area contributed by atoms with Crippen LogP contribution in [-0.4, -0.2) is 38.0 Å². The van der Waals surface area contributed by atoms with Gasteiger partial charge in [0.25, 0.3) is 17.7 Å². The molecule has 0 bridgehead atoms. The minimum Gasteiger partial charge on any atom is -0.497 e. The number of carbonyl (C=O) groups is 3. The second kappa shape index (κ2) is 11.2. The van der Waals surface area contributed by atoms with Crippen LogP contribution in [0.25, 0.3) is 0 Å². The highest BCUT2D eigenvalue weighted by molar-refractivity contribution is 6.04. The van der Waals surface area contributed by atoms with E-state index in [0.717, 1.165) is 0 Å². The second-order valence-electron chi connectivity index (χ2n) is 6.83. The molecular formula is C24H23N3O6. The first-order valence-corrected chi connectivity index (χ1v) is 9.92. The van der Waals surface area contributed by atoms with Crippen molar-refractivity contribution in [1.82, 2.24) is 0 Å². The molecule has 0 fully saturated rings. The van der Waals surface area contributed by atoms with Crippen molar-refractivity contribution in [2.24, 2.45) is 5.73 Å². The molecule has 0 aromatic heterocycles. The number of primary amides is 1. The van der Waals surface area contributed by atoms with Gasteiger partial charge in [0.05, 0.1) is 7.11 Å². The second-order valence-corrected chi connectivity index (χ2v) is 6.83. The van der Waals surface area contributed by atoms with Crippen molar-refractivity contribution >= 4 is 29.1 Å². The Bertz CT molecular complexity index is 1110. The minimum absolute atomic E-state index is 0.188. The SMILES string of the molecule is COc1cccc(NC(=O)COc2ccc(C(=O)Nc3ccc(OCC(N)=O)cc3)cc2)c1. The number of nitrogens with two attached hydrogens (primary N) is 1. The van der Waals surface area contributed by atoms with Crippen LogP contribution < -0.4 is 30.6 Å². The summed E-state index contributed by atoms with van der Waals surface area (Å²) in [6, 6.07) is 19.9. The first-order valence-electron chi connectivity index (χ1n) is 9.92. The van der Waals surface area contributed by atoms with Crippen LogP contribution in [0.3, 0.4) is 0 Å². The summed E-state index contributed by atoms with van der Waals surface area (Å²) in [4.78, 5) is 35.3. The predicted molar refractivity (Wildman–Crippen MR) is 123 cm³/mol. The molecule has 0 saturated heterocycles. The lowest BCUT2D eigenvalue weighted by Crippen LogP contribution is -2.20. The van der Waals surface area contributed by atoms with E-state index in [1.807, 2.05) is 0 Å². The molecule has 0 saturated carbocycles. The van der Waals surface area contributed by atoms with E-state index in [-0.39, 0.29) is 25.0 Å². The van der Waals surface area contributed by atoms with Gasteiger partial charge >= 0.3 is 0 Å². The Morgan fingerprint density at radius 2 is 1.39 bits per heavy atom. The quantitative estimate of drug-likeness (QED) is 0.437. The number of hydrogen-bond acceptors (Lipinski definition) is 6. The standard InChI is InChI=1S/C24H23N3O6/c1-31-21-4-2-3-18(13-21)26-23(29)15-33-19-9-5-16(6-10-19)24(30)27-17-7-11-20(12-8-17)32-14-22(25)28/h2-13H,14-15H2,1H3,(H2,25,28)(H,26,29)(H,27,30). The molecule has 0 atom stereocenters. The number of anilines is 2. The highest BCUT2D eigenvalue weighted by Crippen LogP contribution is 2.19. The van der Waals surface area contributed by atoms with Gasteiger partial charge in [-0.1, -0.05) is 6.07 Å². The van der Waals surface area contributed by atoms with Gasteiger partial charge in [-0.2, -0.15) is 0 Å². The maximum Gasteiger partial charge on any atom is 0.262 e. The van der Waals surface area contributed by atoms with Crippen LogP contribution in [0.15, 0.2) is 72.8 Å². The summed E-state index contributed by atoms with van der Waals surface area (Å²) < 4.78 is 15.8. The van der Waals surface area contributed by atoms with Gasteiger partial charge in [0, 0.05) is 23.0 Å². The van der Waals surface area contributed by atoms with Crippen LogP contribution in [0.5, 0.6) is 17.2 Å². The summed E-state index contributed by atoms with van der Waals surface area (Å²) in [5.41, 5.74) is 6.60. The molecule has 33 heavy (non-hydrogen) atoms. The van der Waals surface area contributed by atoms with Crippen molar-refractivity contribution in [3.8, 4) is 17.2 Å². The lowest BCUT2D eigenvalue weighted by Gasteiger charge is -2.10. The molecule has 3 rings (SSSR count). The van der Waals surface area contributed by atoms with Gasteiger partial charge in [0.1, 0.15) is 17.2 Å². The molecule has 3 aromatic carbocycles. The summed E-state index contributed by atoms with van der Waals surface area (Å²) >= 11 is 0. The van der Waals surface area contributed by atoms with E-state index in [1.165, 1.54) is 0 Å². The van der Waals surface area contributed by atoms with E-state index in [4.69, 9.17) is 19.9 Å². The largest absolute Gasteiger partial charge is 0.497 e. The Labute approximate surface area is 190 Å². The van der Waals surface area contributed by atoms with Crippen molar-refractivity contribution in [2.45, 2.75) is 0 Å². The fourth-order valence-corrected chi connectivity index (χ4v) is 2.74. The third-order valence-electron chi connectivity index (χ3n) is 4.33. The molecular weight excluding hydrogens is 426 g/mol. The average molecular weight is 449 g/mol. The van der Waals surface area contributed by atoms with Gasteiger partial charge in [-0.15, -0.1) is 0 Å². The number of ether oxygens (including phenoxy) is 3. The Hall–Kier alpha value is -4.53. The number of nitrogens with one attached hydrogen (secondary N) is 2. The van der Waals surface area contributed by atoms with E-state index in [2.05, 4.69) is 10.6 Å². The summed E-state index contributed by atoms with van der Waals surface area (Å²) in [5, 5.41) is 5.48. The molecule has 3 aromatic rings. The lowest BCUT2D eigenvalue weighted by molar-refractivity contribution is -0.120. The van der Waals surface area contributed by atoms with Crippen molar-refractivity contribution in [1.29, 1.82) is 0 Å². The van der Waals surface area contributed by atoms with Gasteiger partial charge in [0.15, 0.2) is 13.2 Å². The minimum atomic E-state index is -0.572. The fourth-order valence-electron chi connectivity index (χ4n) is 2.74. The zero-order chi connectivity index (χ0) is 23.6. The van der Waals surface area contributed by atoms with Crippen LogP contribution >= 0.6 is 0 Å². The maximum atomic E-state index is 12.4. The Morgan fingerprint density at radius 3 is 2.03 bits per heavy atom. The molecule has 9 nitrogen and oxygen atoms in total. The number of benzene rings is 3. The Morgan fingerprint density at radius 1 is 0.758 bits per heavy atom.